The first-order valence-corrected chi connectivity index (χ1v) is 12.9. The third-order valence-electron chi connectivity index (χ3n) is 6.38. The Kier molecular flexibility index (Phi) is 6.70. The molecule has 0 atom stereocenters. The predicted molar refractivity (Wildman–Crippen MR) is 144 cm³/mol. The van der Waals surface area contributed by atoms with Gasteiger partial charge in [-0.2, -0.15) is 11.8 Å². The van der Waals surface area contributed by atoms with Crippen LogP contribution in [0.25, 0.3) is 16.6 Å². The van der Waals surface area contributed by atoms with Crippen molar-refractivity contribution in [3.05, 3.63) is 99.6 Å². The van der Waals surface area contributed by atoms with E-state index in [0.29, 0.717) is 28.0 Å². The lowest BCUT2D eigenvalue weighted by Crippen LogP contribution is -2.31. The maximum Gasteiger partial charge on any atom is 0.265 e. The smallest absolute Gasteiger partial charge is 0.265 e. The van der Waals surface area contributed by atoms with Crippen LogP contribution in [0.2, 0.25) is 0 Å². The number of para-hydroxylation sites is 1. The number of aromatic nitrogens is 2. The lowest BCUT2D eigenvalue weighted by atomic mass is 10.1. The van der Waals surface area contributed by atoms with E-state index in [2.05, 4.69) is 27.3 Å². The zero-order valence-electron chi connectivity index (χ0n) is 20.0. The summed E-state index contributed by atoms with van der Waals surface area (Å²) >= 11 is 2.01. The first-order chi connectivity index (χ1) is 17.0. The number of carbonyl (C=O) groups is 1. The highest BCUT2D eigenvalue weighted by molar-refractivity contribution is 7.99. The first-order valence-electron chi connectivity index (χ1n) is 11.8. The number of nitrogens with one attached hydrogen (secondary N) is 1. The van der Waals surface area contributed by atoms with Crippen LogP contribution >= 0.6 is 11.8 Å². The van der Waals surface area contributed by atoms with Crippen LogP contribution in [-0.2, 0) is 6.54 Å². The van der Waals surface area contributed by atoms with Crippen molar-refractivity contribution in [2.24, 2.45) is 0 Å². The number of anilines is 1. The molecule has 0 saturated carbocycles. The standard InChI is InChI=1S/C28H28N4O2S/c1-19-17-21(18-31-13-15-35-16-14-31)7-12-25(19)30-27(33)22-8-10-23(11-9-22)32-20(2)29-26-6-4-3-5-24(26)28(32)34/h3-12,17H,13-16,18H2,1-2H3,(H,30,33). The Morgan fingerprint density at radius 3 is 2.49 bits per heavy atom. The molecular formula is C28H28N4O2S. The van der Waals surface area contributed by atoms with Gasteiger partial charge in [-0.25, -0.2) is 4.98 Å². The summed E-state index contributed by atoms with van der Waals surface area (Å²) in [6.45, 7) is 7.03. The van der Waals surface area contributed by atoms with Gasteiger partial charge >= 0.3 is 0 Å². The highest BCUT2D eigenvalue weighted by atomic mass is 32.2. The summed E-state index contributed by atoms with van der Waals surface area (Å²) < 4.78 is 1.58. The van der Waals surface area contributed by atoms with E-state index < -0.39 is 0 Å². The number of nitrogens with zero attached hydrogens (tertiary/aromatic N) is 3. The van der Waals surface area contributed by atoms with Crippen LogP contribution in [0.4, 0.5) is 5.69 Å². The van der Waals surface area contributed by atoms with Gasteiger partial charge in [-0.15, -0.1) is 0 Å². The van der Waals surface area contributed by atoms with E-state index in [4.69, 9.17) is 0 Å². The second-order valence-electron chi connectivity index (χ2n) is 8.86. The van der Waals surface area contributed by atoms with E-state index in [1.54, 1.807) is 34.9 Å². The number of benzene rings is 3. The zero-order valence-corrected chi connectivity index (χ0v) is 20.8. The summed E-state index contributed by atoms with van der Waals surface area (Å²) in [7, 11) is 0. The molecule has 1 amide bonds. The van der Waals surface area contributed by atoms with Gasteiger partial charge in [0, 0.05) is 42.4 Å². The molecular weight excluding hydrogens is 456 g/mol. The van der Waals surface area contributed by atoms with Crippen LogP contribution in [0.5, 0.6) is 0 Å². The van der Waals surface area contributed by atoms with Crippen LogP contribution in [0.1, 0.15) is 27.3 Å². The van der Waals surface area contributed by atoms with E-state index in [0.717, 1.165) is 30.9 Å². The van der Waals surface area contributed by atoms with Crippen molar-refractivity contribution in [1.82, 2.24) is 14.5 Å². The summed E-state index contributed by atoms with van der Waals surface area (Å²) in [4.78, 5) is 33.0. The Bertz CT molecular complexity index is 1440. The van der Waals surface area contributed by atoms with Crippen molar-refractivity contribution < 1.29 is 4.79 Å². The fourth-order valence-electron chi connectivity index (χ4n) is 4.49. The van der Waals surface area contributed by atoms with Crippen LogP contribution in [0.15, 0.2) is 71.5 Å². The number of hydrogen-bond acceptors (Lipinski definition) is 5. The third kappa shape index (κ3) is 5.01. The van der Waals surface area contributed by atoms with Gasteiger partial charge in [-0.1, -0.05) is 24.3 Å². The summed E-state index contributed by atoms with van der Waals surface area (Å²) in [5.41, 5.74) is 4.89. The minimum atomic E-state index is -0.179. The molecule has 0 bridgehead atoms. The maximum atomic E-state index is 13.0. The monoisotopic (exact) mass is 484 g/mol. The van der Waals surface area contributed by atoms with Gasteiger partial charge in [0.1, 0.15) is 5.82 Å². The van der Waals surface area contributed by atoms with E-state index in [-0.39, 0.29) is 11.5 Å². The molecule has 1 saturated heterocycles. The van der Waals surface area contributed by atoms with E-state index in [9.17, 15) is 9.59 Å². The number of fused-ring (bicyclic) bond motifs is 1. The molecule has 0 radical (unpaired) electrons. The summed E-state index contributed by atoms with van der Waals surface area (Å²) in [6.07, 6.45) is 0. The molecule has 178 valence electrons. The molecule has 7 heteroatoms. The summed E-state index contributed by atoms with van der Waals surface area (Å²) in [5.74, 6) is 2.81. The maximum absolute atomic E-state index is 13.0. The molecule has 1 aliphatic rings. The van der Waals surface area contributed by atoms with Crippen molar-refractivity contribution in [2.45, 2.75) is 20.4 Å². The van der Waals surface area contributed by atoms with Crippen LogP contribution < -0.4 is 10.9 Å². The lowest BCUT2D eigenvalue weighted by molar-refractivity contribution is 0.102. The summed E-state index contributed by atoms with van der Waals surface area (Å²) in [5, 5.41) is 3.59. The largest absolute Gasteiger partial charge is 0.322 e. The van der Waals surface area contributed by atoms with Gasteiger partial charge in [0.15, 0.2) is 0 Å². The molecule has 2 heterocycles. The molecule has 35 heavy (non-hydrogen) atoms. The number of hydrogen-bond donors (Lipinski definition) is 1. The highest BCUT2D eigenvalue weighted by Crippen LogP contribution is 2.21. The van der Waals surface area contributed by atoms with E-state index in [1.807, 2.05) is 49.9 Å². The molecule has 0 spiro atoms. The van der Waals surface area contributed by atoms with Gasteiger partial charge in [0.25, 0.3) is 11.5 Å². The highest BCUT2D eigenvalue weighted by Gasteiger charge is 2.14. The number of carbonyl (C=O) groups excluding carboxylic acids is 1. The molecule has 0 aliphatic carbocycles. The normalized spacial score (nSPS) is 14.2. The molecule has 0 unspecified atom stereocenters. The fourth-order valence-corrected chi connectivity index (χ4v) is 5.46. The van der Waals surface area contributed by atoms with Crippen molar-refractivity contribution in [3.63, 3.8) is 0 Å². The Morgan fingerprint density at radius 2 is 1.74 bits per heavy atom. The number of rotatable bonds is 5. The fraction of sp³-hybridized carbons (Fsp3) is 0.250. The molecule has 1 N–H and O–H groups in total. The average molecular weight is 485 g/mol. The minimum Gasteiger partial charge on any atom is -0.322 e. The van der Waals surface area contributed by atoms with Gasteiger partial charge < -0.3 is 5.32 Å². The zero-order chi connectivity index (χ0) is 24.4. The quantitative estimate of drug-likeness (QED) is 0.441. The molecule has 4 aromatic rings. The lowest BCUT2D eigenvalue weighted by Gasteiger charge is -2.26. The molecule has 6 nitrogen and oxygen atoms in total. The predicted octanol–water partition coefficient (Wildman–Crippen LogP) is 4.80. The van der Waals surface area contributed by atoms with E-state index >= 15 is 0 Å². The minimum absolute atomic E-state index is 0.121. The van der Waals surface area contributed by atoms with Crippen LogP contribution in [-0.4, -0.2) is 45.0 Å². The number of amides is 1. The van der Waals surface area contributed by atoms with Crippen molar-refractivity contribution in [1.29, 1.82) is 0 Å². The van der Waals surface area contributed by atoms with Crippen LogP contribution in [0.3, 0.4) is 0 Å². The molecule has 3 aromatic carbocycles. The Hall–Kier alpha value is -3.42. The van der Waals surface area contributed by atoms with E-state index in [1.165, 1.54) is 17.1 Å². The van der Waals surface area contributed by atoms with Gasteiger partial charge in [-0.3, -0.25) is 19.1 Å². The molecule has 1 aliphatic heterocycles. The molecule has 1 aromatic heterocycles. The Balaban J connectivity index is 1.32. The van der Waals surface area contributed by atoms with Gasteiger partial charge in [0.2, 0.25) is 0 Å². The van der Waals surface area contributed by atoms with Crippen molar-refractivity contribution in [3.8, 4) is 5.69 Å². The SMILES string of the molecule is Cc1cc(CN2CCSCC2)ccc1NC(=O)c1ccc(-n2c(C)nc3ccccc3c2=O)cc1. The van der Waals surface area contributed by atoms with Crippen LogP contribution in [0, 0.1) is 13.8 Å². The molecule has 5 rings (SSSR count). The topological polar surface area (TPSA) is 67.2 Å². The summed E-state index contributed by atoms with van der Waals surface area (Å²) in [6, 6.07) is 20.6. The third-order valence-corrected chi connectivity index (χ3v) is 7.32. The number of aryl methyl sites for hydroxylation is 2. The Labute approximate surface area is 209 Å². The Morgan fingerprint density at radius 1 is 1.00 bits per heavy atom. The second kappa shape index (κ2) is 10.1. The van der Waals surface area contributed by atoms with Crippen molar-refractivity contribution >= 4 is 34.3 Å². The average Bonchev–Trinajstić information content (AvgIpc) is 2.87. The second-order valence-corrected chi connectivity index (χ2v) is 10.1. The van der Waals surface area contributed by atoms with Gasteiger partial charge in [0.05, 0.1) is 16.6 Å². The number of thioether (sulfide) groups is 1. The van der Waals surface area contributed by atoms with Crippen molar-refractivity contribution in [2.75, 3.05) is 29.9 Å². The molecule has 1 fully saturated rings. The van der Waals surface area contributed by atoms with Gasteiger partial charge in [-0.05, 0) is 67.4 Å². The first kappa shape index (κ1) is 23.3.